The predicted molar refractivity (Wildman–Crippen MR) is 157 cm³/mol. The van der Waals surface area contributed by atoms with Crippen molar-refractivity contribution in [3.63, 3.8) is 0 Å². The maximum absolute atomic E-state index is 12.7. The van der Waals surface area contributed by atoms with E-state index >= 15 is 0 Å². The van der Waals surface area contributed by atoms with Crippen LogP contribution in [0.2, 0.25) is 0 Å². The maximum Gasteiger partial charge on any atom is 0.237 e. The molecule has 0 saturated carbocycles. The minimum atomic E-state index is -0.486. The Labute approximate surface area is 240 Å². The Morgan fingerprint density at radius 2 is 1.68 bits per heavy atom. The second-order valence-corrected chi connectivity index (χ2v) is 12.5. The zero-order valence-electron chi connectivity index (χ0n) is 25.5. The Hall–Kier alpha value is -3.18. The van der Waals surface area contributed by atoms with Crippen LogP contribution in [-0.4, -0.2) is 47.9 Å². The number of nitrogens with zero attached hydrogens (tertiary/aromatic N) is 1. The van der Waals surface area contributed by atoms with Gasteiger partial charge in [0, 0.05) is 30.9 Å². The number of imide groups is 1. The summed E-state index contributed by atoms with van der Waals surface area (Å²) in [5.41, 5.74) is 0.373. The van der Waals surface area contributed by atoms with Gasteiger partial charge in [-0.05, 0) is 64.2 Å². The highest BCUT2D eigenvalue weighted by Gasteiger charge is 2.40. The van der Waals surface area contributed by atoms with Crippen LogP contribution in [0.25, 0.3) is 0 Å². The molecular formula is C32H47N3O5. The summed E-state index contributed by atoms with van der Waals surface area (Å²) >= 11 is 0. The summed E-state index contributed by atoms with van der Waals surface area (Å²) in [4.78, 5) is 51.2. The topological polar surface area (TPSA) is 105 Å². The molecule has 1 heterocycles. The minimum Gasteiger partial charge on any atom is -0.375 e. The van der Waals surface area contributed by atoms with Crippen molar-refractivity contribution in [3.05, 3.63) is 29.8 Å². The lowest BCUT2D eigenvalue weighted by molar-refractivity contribution is -0.124. The first-order chi connectivity index (χ1) is 18.6. The summed E-state index contributed by atoms with van der Waals surface area (Å²) in [6, 6.07) is 7.01. The van der Waals surface area contributed by atoms with Crippen LogP contribution in [0.4, 0.5) is 5.69 Å². The fourth-order valence-electron chi connectivity index (χ4n) is 4.44. The van der Waals surface area contributed by atoms with Gasteiger partial charge in [0.2, 0.25) is 23.6 Å². The number of nitrogens with one attached hydrogen (secondary N) is 2. The first-order valence-corrected chi connectivity index (χ1v) is 14.3. The van der Waals surface area contributed by atoms with E-state index in [9.17, 15) is 19.2 Å². The molecule has 1 aliphatic rings. The fraction of sp³-hybridized carbons (Fsp3) is 0.625. The van der Waals surface area contributed by atoms with Crippen LogP contribution in [-0.2, 0) is 30.3 Å². The van der Waals surface area contributed by atoms with Gasteiger partial charge < -0.3 is 15.4 Å². The second-order valence-electron chi connectivity index (χ2n) is 12.5. The van der Waals surface area contributed by atoms with Crippen molar-refractivity contribution in [2.45, 2.75) is 98.6 Å². The molecular weight excluding hydrogens is 506 g/mol. The smallest absolute Gasteiger partial charge is 0.237 e. The Morgan fingerprint density at radius 1 is 1.02 bits per heavy atom. The summed E-state index contributed by atoms with van der Waals surface area (Å²) in [6.45, 7) is 16.5. The molecule has 1 unspecified atom stereocenters. The van der Waals surface area contributed by atoms with Crippen LogP contribution in [0.3, 0.4) is 0 Å². The van der Waals surface area contributed by atoms with Gasteiger partial charge >= 0.3 is 0 Å². The number of hydrogen-bond acceptors (Lipinski definition) is 5. The van der Waals surface area contributed by atoms with Gasteiger partial charge in [0.15, 0.2) is 0 Å². The molecule has 0 aromatic heterocycles. The van der Waals surface area contributed by atoms with E-state index in [1.807, 2.05) is 55.4 Å². The Bertz CT molecular complexity index is 1110. The molecule has 0 spiro atoms. The van der Waals surface area contributed by atoms with Crippen molar-refractivity contribution in [2.75, 3.05) is 18.1 Å². The van der Waals surface area contributed by atoms with Gasteiger partial charge in [0.1, 0.15) is 0 Å². The third kappa shape index (κ3) is 10.8. The normalized spacial score (nSPS) is 15.8. The molecule has 0 bridgehead atoms. The van der Waals surface area contributed by atoms with E-state index in [1.54, 1.807) is 24.3 Å². The van der Waals surface area contributed by atoms with Crippen molar-refractivity contribution < 1.29 is 23.9 Å². The van der Waals surface area contributed by atoms with Crippen molar-refractivity contribution >= 4 is 29.3 Å². The van der Waals surface area contributed by atoms with Crippen LogP contribution in [0.15, 0.2) is 24.3 Å². The lowest BCUT2D eigenvalue weighted by Crippen LogP contribution is -2.45. The number of rotatable bonds is 13. The summed E-state index contributed by atoms with van der Waals surface area (Å²) in [5.74, 6) is 5.55. The van der Waals surface area contributed by atoms with E-state index in [1.165, 1.54) is 4.90 Å². The lowest BCUT2D eigenvalue weighted by atomic mass is 9.94. The zero-order valence-corrected chi connectivity index (χ0v) is 25.5. The van der Waals surface area contributed by atoms with E-state index in [2.05, 4.69) is 22.5 Å². The highest BCUT2D eigenvalue weighted by Crippen LogP contribution is 2.31. The SMILES string of the molecule is CC(C)C#CCNC(=O)CCC(C)(C)OCCC(C)(C)NC(=O)Cc1ccc(N2C(=O)CC(C(C)C)C2=O)cc1. The molecule has 40 heavy (non-hydrogen) atoms. The van der Waals surface area contributed by atoms with Crippen LogP contribution in [0, 0.1) is 29.6 Å². The minimum absolute atomic E-state index is 0.0475. The average Bonchev–Trinajstić information content (AvgIpc) is 3.14. The Morgan fingerprint density at radius 3 is 2.25 bits per heavy atom. The van der Waals surface area contributed by atoms with Gasteiger partial charge in [-0.1, -0.05) is 51.7 Å². The van der Waals surface area contributed by atoms with Gasteiger partial charge in [0.05, 0.1) is 30.2 Å². The quantitative estimate of drug-likeness (QED) is 0.278. The van der Waals surface area contributed by atoms with E-state index in [4.69, 9.17) is 4.74 Å². The monoisotopic (exact) mass is 553 g/mol. The number of ether oxygens (including phenoxy) is 1. The number of anilines is 1. The van der Waals surface area contributed by atoms with E-state index < -0.39 is 11.1 Å². The zero-order chi connectivity index (χ0) is 30.1. The average molecular weight is 554 g/mol. The van der Waals surface area contributed by atoms with Crippen molar-refractivity contribution in [1.29, 1.82) is 0 Å². The molecule has 0 radical (unpaired) electrons. The summed E-state index contributed by atoms with van der Waals surface area (Å²) in [6.07, 6.45) is 1.96. The number of benzene rings is 1. The molecule has 2 N–H and O–H groups in total. The van der Waals surface area contributed by atoms with Gasteiger partial charge in [-0.25, -0.2) is 0 Å². The molecule has 2 rings (SSSR count). The molecule has 4 amide bonds. The first-order valence-electron chi connectivity index (χ1n) is 14.3. The molecule has 1 aromatic carbocycles. The third-order valence-corrected chi connectivity index (χ3v) is 6.96. The Balaban J connectivity index is 1.77. The number of hydrogen-bond donors (Lipinski definition) is 2. The number of amides is 4. The standard InChI is InChI=1S/C32H47N3O5/c1-22(2)10-9-18-33-27(36)15-16-32(7,8)40-19-17-31(5,6)34-28(37)20-24-11-13-25(14-12-24)35-29(38)21-26(23(3)4)30(35)39/h11-14,22-23,26H,15-21H2,1-8H3,(H,33,36)(H,34,37). The highest BCUT2D eigenvalue weighted by atomic mass is 16.5. The van der Waals surface area contributed by atoms with E-state index in [0.29, 0.717) is 38.1 Å². The van der Waals surface area contributed by atoms with Gasteiger partial charge in [-0.2, -0.15) is 0 Å². The largest absolute Gasteiger partial charge is 0.375 e. The number of carbonyl (C=O) groups excluding carboxylic acids is 4. The molecule has 1 aliphatic heterocycles. The van der Waals surface area contributed by atoms with Crippen LogP contribution < -0.4 is 15.5 Å². The molecule has 220 valence electrons. The molecule has 1 fully saturated rings. The van der Waals surface area contributed by atoms with E-state index in [-0.39, 0.29) is 54.2 Å². The fourth-order valence-corrected chi connectivity index (χ4v) is 4.44. The summed E-state index contributed by atoms with van der Waals surface area (Å²) in [5, 5.41) is 5.88. The van der Waals surface area contributed by atoms with E-state index in [0.717, 1.165) is 5.56 Å². The summed E-state index contributed by atoms with van der Waals surface area (Å²) in [7, 11) is 0. The molecule has 1 saturated heterocycles. The Kier molecular flexibility index (Phi) is 11.9. The van der Waals surface area contributed by atoms with Gasteiger partial charge in [0.25, 0.3) is 0 Å². The van der Waals surface area contributed by atoms with Gasteiger partial charge in [-0.3, -0.25) is 24.1 Å². The maximum atomic E-state index is 12.7. The molecule has 8 heteroatoms. The molecule has 8 nitrogen and oxygen atoms in total. The van der Waals surface area contributed by atoms with Crippen molar-refractivity contribution in [3.8, 4) is 11.8 Å². The predicted octanol–water partition coefficient (Wildman–Crippen LogP) is 4.40. The van der Waals surface area contributed by atoms with Gasteiger partial charge in [-0.15, -0.1) is 0 Å². The lowest BCUT2D eigenvalue weighted by Gasteiger charge is -2.30. The number of carbonyl (C=O) groups is 4. The molecule has 1 atom stereocenters. The third-order valence-electron chi connectivity index (χ3n) is 6.96. The molecule has 0 aliphatic carbocycles. The highest BCUT2D eigenvalue weighted by molar-refractivity contribution is 6.21. The first kappa shape index (κ1) is 33.0. The van der Waals surface area contributed by atoms with Crippen LogP contribution in [0.5, 0.6) is 0 Å². The van der Waals surface area contributed by atoms with Crippen LogP contribution >= 0.6 is 0 Å². The summed E-state index contributed by atoms with van der Waals surface area (Å²) < 4.78 is 6.06. The second kappa shape index (κ2) is 14.5. The van der Waals surface area contributed by atoms with Crippen LogP contribution in [0.1, 0.15) is 86.6 Å². The van der Waals surface area contributed by atoms with Crippen molar-refractivity contribution in [2.24, 2.45) is 17.8 Å². The molecule has 1 aromatic rings. The van der Waals surface area contributed by atoms with Crippen molar-refractivity contribution in [1.82, 2.24) is 10.6 Å².